The Kier molecular flexibility index (Phi) is 8.95. The minimum absolute atomic E-state index is 0.488. The summed E-state index contributed by atoms with van der Waals surface area (Å²) in [6.45, 7) is 1.47. The van der Waals surface area contributed by atoms with Crippen molar-refractivity contribution in [1.82, 2.24) is 5.32 Å². The molecule has 32 heavy (non-hydrogen) atoms. The summed E-state index contributed by atoms with van der Waals surface area (Å²) in [6, 6.07) is 16.8. The van der Waals surface area contributed by atoms with Crippen molar-refractivity contribution in [1.29, 1.82) is 0 Å². The maximum atomic E-state index is 13.4. The molecule has 2 aromatic carbocycles. The van der Waals surface area contributed by atoms with Crippen molar-refractivity contribution >= 4 is 23.8 Å². The van der Waals surface area contributed by atoms with Gasteiger partial charge in [0.1, 0.15) is 6.04 Å². The van der Waals surface area contributed by atoms with Crippen LogP contribution in [0.5, 0.6) is 0 Å². The maximum absolute atomic E-state index is 13.4. The lowest BCUT2D eigenvalue weighted by Crippen LogP contribution is -2.52. The van der Waals surface area contributed by atoms with Crippen molar-refractivity contribution in [2.45, 2.75) is 18.9 Å². The van der Waals surface area contributed by atoms with Crippen LogP contribution in [0.15, 0.2) is 60.7 Å². The molecule has 0 saturated carbocycles. The van der Waals surface area contributed by atoms with Crippen LogP contribution in [-0.2, 0) is 33.4 Å². The smallest absolute Gasteiger partial charge is 0.328 e. The van der Waals surface area contributed by atoms with Crippen LogP contribution in [-0.4, -0.2) is 51.2 Å². The first-order valence-corrected chi connectivity index (χ1v) is 9.99. The number of amides is 1. The van der Waals surface area contributed by atoms with E-state index < -0.39 is 47.6 Å². The topological polar surface area (TPSA) is 108 Å². The van der Waals surface area contributed by atoms with Crippen LogP contribution in [0, 0.1) is 11.8 Å². The van der Waals surface area contributed by atoms with Gasteiger partial charge in [0.05, 0.1) is 27.2 Å². The van der Waals surface area contributed by atoms with Gasteiger partial charge in [-0.15, -0.1) is 0 Å². The van der Waals surface area contributed by atoms with E-state index in [0.717, 1.165) is 21.3 Å². The van der Waals surface area contributed by atoms with E-state index in [1.54, 1.807) is 24.3 Å². The Labute approximate surface area is 186 Å². The molecule has 0 aliphatic rings. The Balaban J connectivity index is 2.43. The van der Waals surface area contributed by atoms with Crippen LogP contribution >= 0.6 is 0 Å². The van der Waals surface area contributed by atoms with Gasteiger partial charge < -0.3 is 19.5 Å². The van der Waals surface area contributed by atoms with Crippen LogP contribution in [0.2, 0.25) is 0 Å². The van der Waals surface area contributed by atoms with Crippen LogP contribution in [0.4, 0.5) is 0 Å². The fraction of sp³-hybridized carbons (Fsp3) is 0.333. The molecular weight excluding hydrogens is 414 g/mol. The fourth-order valence-electron chi connectivity index (χ4n) is 3.53. The lowest BCUT2D eigenvalue weighted by molar-refractivity contribution is -0.163. The highest BCUT2D eigenvalue weighted by Crippen LogP contribution is 2.27. The van der Waals surface area contributed by atoms with Gasteiger partial charge in [-0.1, -0.05) is 67.6 Å². The van der Waals surface area contributed by atoms with Crippen molar-refractivity contribution < 1.29 is 33.4 Å². The molecule has 0 radical (unpaired) electrons. The molecule has 0 heterocycles. The molecule has 8 heteroatoms. The lowest BCUT2D eigenvalue weighted by atomic mass is 9.85. The van der Waals surface area contributed by atoms with Gasteiger partial charge in [-0.25, -0.2) is 4.79 Å². The molecule has 0 aliphatic heterocycles. The standard InChI is InChI=1S/C24H27NO7/c1-15(18(22(27)30-2)23(28)31-3)20(24(29)32-4)25-21(26)19(16-11-7-5-8-12-16)17-13-9-6-10-14-17/h5-15,18-20H,1-4H3,(H,25,26)/t15-,20+/m0/s1. The van der Waals surface area contributed by atoms with Crippen molar-refractivity contribution in [2.24, 2.45) is 11.8 Å². The highest BCUT2D eigenvalue weighted by atomic mass is 16.5. The summed E-state index contributed by atoms with van der Waals surface area (Å²) < 4.78 is 14.3. The fourth-order valence-corrected chi connectivity index (χ4v) is 3.53. The first-order chi connectivity index (χ1) is 15.3. The molecular formula is C24H27NO7. The molecule has 1 N–H and O–H groups in total. The molecule has 0 spiro atoms. The Morgan fingerprint density at radius 3 is 1.47 bits per heavy atom. The summed E-state index contributed by atoms with van der Waals surface area (Å²) >= 11 is 0. The summed E-state index contributed by atoms with van der Waals surface area (Å²) in [7, 11) is 3.40. The molecule has 2 atom stereocenters. The second-order valence-corrected chi connectivity index (χ2v) is 7.15. The minimum Gasteiger partial charge on any atom is -0.468 e. The first-order valence-electron chi connectivity index (χ1n) is 9.99. The molecule has 0 aliphatic carbocycles. The quantitative estimate of drug-likeness (QED) is 0.361. The van der Waals surface area contributed by atoms with E-state index in [0.29, 0.717) is 11.1 Å². The van der Waals surface area contributed by atoms with Crippen molar-refractivity contribution in [3.05, 3.63) is 71.8 Å². The molecule has 0 aromatic heterocycles. The second-order valence-electron chi connectivity index (χ2n) is 7.15. The number of hydrogen-bond acceptors (Lipinski definition) is 7. The normalized spacial score (nSPS) is 12.6. The van der Waals surface area contributed by atoms with E-state index in [1.807, 2.05) is 36.4 Å². The third kappa shape index (κ3) is 5.72. The molecule has 0 saturated heterocycles. The maximum Gasteiger partial charge on any atom is 0.328 e. The summed E-state index contributed by atoms with van der Waals surface area (Å²) in [5.74, 6) is -6.21. The van der Waals surface area contributed by atoms with Gasteiger partial charge in [0.25, 0.3) is 0 Å². The average molecular weight is 441 g/mol. The monoisotopic (exact) mass is 441 g/mol. The SMILES string of the molecule is COC(=O)C(C(=O)OC)[C@H](C)[C@@H](NC(=O)C(c1ccccc1)c1ccccc1)C(=O)OC. The zero-order valence-electron chi connectivity index (χ0n) is 18.4. The highest BCUT2D eigenvalue weighted by molar-refractivity contribution is 5.97. The molecule has 2 aromatic rings. The minimum atomic E-state index is -1.43. The first kappa shape index (κ1) is 24.6. The number of hydrogen-bond donors (Lipinski definition) is 1. The predicted octanol–water partition coefficient (Wildman–Crippen LogP) is 2.07. The Morgan fingerprint density at radius 2 is 1.09 bits per heavy atom. The zero-order valence-corrected chi connectivity index (χ0v) is 18.4. The van der Waals surface area contributed by atoms with Gasteiger partial charge in [0.2, 0.25) is 5.91 Å². The molecule has 0 bridgehead atoms. The summed E-state index contributed by atoms with van der Waals surface area (Å²) in [5.41, 5.74) is 1.43. The number of rotatable bonds is 9. The number of nitrogens with one attached hydrogen (secondary N) is 1. The van der Waals surface area contributed by atoms with E-state index in [2.05, 4.69) is 5.32 Å². The lowest BCUT2D eigenvalue weighted by Gasteiger charge is -2.28. The van der Waals surface area contributed by atoms with Crippen molar-refractivity contribution in [3.63, 3.8) is 0 Å². The summed E-state index contributed by atoms with van der Waals surface area (Å²) in [6.07, 6.45) is 0. The Bertz CT molecular complexity index is 874. The van der Waals surface area contributed by atoms with Gasteiger partial charge in [-0.05, 0) is 11.1 Å². The highest BCUT2D eigenvalue weighted by Gasteiger charge is 2.43. The Hall–Kier alpha value is -3.68. The van der Waals surface area contributed by atoms with E-state index in [1.165, 1.54) is 6.92 Å². The predicted molar refractivity (Wildman–Crippen MR) is 115 cm³/mol. The van der Waals surface area contributed by atoms with Gasteiger partial charge in [0, 0.05) is 5.92 Å². The van der Waals surface area contributed by atoms with Crippen molar-refractivity contribution in [3.8, 4) is 0 Å². The summed E-state index contributed by atoms with van der Waals surface area (Å²) in [5, 5.41) is 2.67. The number of benzene rings is 2. The van der Waals surface area contributed by atoms with E-state index in [9.17, 15) is 19.2 Å². The van der Waals surface area contributed by atoms with Crippen LogP contribution in [0.3, 0.4) is 0 Å². The van der Waals surface area contributed by atoms with Crippen LogP contribution in [0.1, 0.15) is 24.0 Å². The molecule has 170 valence electrons. The largest absolute Gasteiger partial charge is 0.468 e. The number of ether oxygens (including phenoxy) is 3. The molecule has 0 unspecified atom stereocenters. The van der Waals surface area contributed by atoms with Gasteiger partial charge in [-0.3, -0.25) is 14.4 Å². The van der Waals surface area contributed by atoms with Gasteiger partial charge in [0.15, 0.2) is 5.92 Å². The molecule has 1 amide bonds. The molecule has 2 rings (SSSR count). The average Bonchev–Trinajstić information content (AvgIpc) is 2.83. The van der Waals surface area contributed by atoms with Gasteiger partial charge >= 0.3 is 17.9 Å². The van der Waals surface area contributed by atoms with E-state index in [-0.39, 0.29) is 0 Å². The van der Waals surface area contributed by atoms with Gasteiger partial charge in [-0.2, -0.15) is 0 Å². The molecule has 0 fully saturated rings. The van der Waals surface area contributed by atoms with E-state index >= 15 is 0 Å². The number of carbonyl (C=O) groups is 4. The third-order valence-electron chi connectivity index (χ3n) is 5.24. The number of esters is 3. The van der Waals surface area contributed by atoms with Crippen molar-refractivity contribution in [2.75, 3.05) is 21.3 Å². The zero-order chi connectivity index (χ0) is 23.7. The number of carbonyl (C=O) groups excluding carboxylic acids is 4. The van der Waals surface area contributed by atoms with E-state index in [4.69, 9.17) is 14.2 Å². The van der Waals surface area contributed by atoms with Crippen LogP contribution < -0.4 is 5.32 Å². The number of methoxy groups -OCH3 is 3. The third-order valence-corrected chi connectivity index (χ3v) is 5.24. The second kappa shape index (κ2) is 11.6. The Morgan fingerprint density at radius 1 is 0.688 bits per heavy atom. The summed E-state index contributed by atoms with van der Waals surface area (Å²) in [4.78, 5) is 50.5. The van der Waals surface area contributed by atoms with Crippen LogP contribution in [0.25, 0.3) is 0 Å². The molecule has 8 nitrogen and oxygen atoms in total.